The van der Waals surface area contributed by atoms with Crippen LogP contribution in [0.4, 0.5) is 5.69 Å². The largest absolute Gasteiger partial charge is 0.454 e. The minimum Gasteiger partial charge on any atom is -0.454 e. The van der Waals surface area contributed by atoms with Crippen molar-refractivity contribution in [1.82, 2.24) is 4.90 Å². The molecule has 186 valence electrons. The Balaban J connectivity index is 1.31. The predicted octanol–water partition coefficient (Wildman–Crippen LogP) is 3.91. The van der Waals surface area contributed by atoms with Crippen LogP contribution in [-0.4, -0.2) is 41.2 Å². The van der Waals surface area contributed by atoms with E-state index in [1.165, 1.54) is 0 Å². The molecule has 0 spiro atoms. The first-order chi connectivity index (χ1) is 17.4. The van der Waals surface area contributed by atoms with E-state index in [1.54, 1.807) is 6.07 Å². The van der Waals surface area contributed by atoms with Crippen LogP contribution in [0.25, 0.3) is 0 Å². The lowest BCUT2D eigenvalue weighted by Crippen LogP contribution is -2.48. The first-order valence-corrected chi connectivity index (χ1v) is 13.0. The summed E-state index contributed by atoms with van der Waals surface area (Å²) in [5.74, 6) is -2.62. The number of halogens is 1. The quantitative estimate of drug-likeness (QED) is 0.305. The summed E-state index contributed by atoms with van der Waals surface area (Å²) in [4.78, 5) is 53.7. The topological polar surface area (TPSA) is 92.8 Å². The number of fused-ring (bicyclic) bond motifs is 5. The van der Waals surface area contributed by atoms with Crippen LogP contribution in [-0.2, 0) is 36.8 Å². The van der Waals surface area contributed by atoms with Crippen molar-refractivity contribution in [3.05, 3.63) is 76.3 Å². The molecule has 8 heteroatoms. The van der Waals surface area contributed by atoms with E-state index in [0.29, 0.717) is 12.1 Å². The van der Waals surface area contributed by atoms with E-state index in [1.807, 2.05) is 61.5 Å². The fraction of sp³-hybridized carbons (Fsp3) is 0.357. The number of rotatable bonds is 8. The zero-order valence-electron chi connectivity index (χ0n) is 19.9. The number of imide groups is 1. The maximum atomic E-state index is 13.4. The Kier molecular flexibility index (Phi) is 6.79. The normalized spacial score (nSPS) is 24.7. The van der Waals surface area contributed by atoms with Crippen LogP contribution in [0.5, 0.6) is 0 Å². The van der Waals surface area contributed by atoms with Crippen LogP contribution in [0.15, 0.2) is 65.2 Å². The molecule has 2 aromatic rings. The van der Waals surface area contributed by atoms with Gasteiger partial charge in [-0.05, 0) is 54.0 Å². The molecule has 3 amide bonds. The van der Waals surface area contributed by atoms with Crippen LogP contribution in [0, 0.1) is 23.7 Å². The highest BCUT2D eigenvalue weighted by atomic mass is 79.9. The molecule has 36 heavy (non-hydrogen) atoms. The Morgan fingerprint density at radius 3 is 2.36 bits per heavy atom. The number of allylic oxidation sites excluding steroid dienone is 2. The molecule has 2 fully saturated rings. The molecule has 2 aromatic carbocycles. The maximum Gasteiger partial charge on any atom is 0.330 e. The number of esters is 1. The lowest BCUT2D eigenvalue weighted by Gasteiger charge is -2.26. The molecule has 7 nitrogen and oxygen atoms in total. The van der Waals surface area contributed by atoms with Gasteiger partial charge in [0.15, 0.2) is 6.61 Å². The number of ether oxygens (including phenoxy) is 1. The molecule has 1 N–H and O–H groups in total. The predicted molar refractivity (Wildman–Crippen MR) is 137 cm³/mol. The second kappa shape index (κ2) is 10.0. The lowest BCUT2D eigenvalue weighted by molar-refractivity contribution is -0.160. The highest BCUT2D eigenvalue weighted by Crippen LogP contribution is 2.53. The Morgan fingerprint density at radius 1 is 1.06 bits per heavy atom. The number of aryl methyl sites for hydroxylation is 1. The minimum atomic E-state index is -1.12. The second-order valence-electron chi connectivity index (χ2n) is 9.56. The lowest BCUT2D eigenvalue weighted by atomic mass is 9.85. The summed E-state index contributed by atoms with van der Waals surface area (Å²) >= 11 is 3.42. The number of nitrogens with zero attached hydrogens (tertiary/aromatic N) is 1. The molecule has 5 atom stereocenters. The Hall–Kier alpha value is -3.26. The smallest absolute Gasteiger partial charge is 0.330 e. The number of hydrogen-bond acceptors (Lipinski definition) is 5. The van der Waals surface area contributed by atoms with Crippen molar-refractivity contribution in [2.24, 2.45) is 23.7 Å². The standard InChI is InChI=1S/C28H27BrN2O5/c1-2-17-14-20(29)10-11-21(17)30-23(32)15-36-28(35)22(12-16-6-4-3-5-7-16)31-26(33)24-18-8-9-19(13-18)25(24)27(31)34/h3-11,14,18-19,22,24-25H,2,12-13,15H2,1H3,(H,30,32)/t18-,19-,22-,24-,25-/m0/s1. The van der Waals surface area contributed by atoms with Gasteiger partial charge in [-0.15, -0.1) is 0 Å². The molecule has 5 rings (SSSR count). The molecule has 0 radical (unpaired) electrons. The molecule has 0 unspecified atom stereocenters. The van der Waals surface area contributed by atoms with Crippen molar-refractivity contribution in [3.63, 3.8) is 0 Å². The van der Waals surface area contributed by atoms with Crippen molar-refractivity contribution >= 4 is 45.3 Å². The van der Waals surface area contributed by atoms with Gasteiger partial charge in [-0.2, -0.15) is 0 Å². The van der Waals surface area contributed by atoms with Gasteiger partial charge in [0, 0.05) is 16.6 Å². The summed E-state index contributed by atoms with van der Waals surface area (Å²) in [6.07, 6.45) is 5.69. The van der Waals surface area contributed by atoms with E-state index in [0.717, 1.165) is 26.9 Å². The third-order valence-corrected chi connectivity index (χ3v) is 7.92. The van der Waals surface area contributed by atoms with E-state index in [2.05, 4.69) is 21.2 Å². The summed E-state index contributed by atoms with van der Waals surface area (Å²) in [6, 6.07) is 13.6. The van der Waals surface area contributed by atoms with Crippen LogP contribution in [0.1, 0.15) is 24.5 Å². The Labute approximate surface area is 218 Å². The van der Waals surface area contributed by atoms with Gasteiger partial charge < -0.3 is 10.1 Å². The molecule has 3 aliphatic rings. The average molecular weight is 551 g/mol. The summed E-state index contributed by atoms with van der Waals surface area (Å²) in [6.45, 7) is 1.46. The van der Waals surface area contributed by atoms with Crippen molar-refractivity contribution in [2.75, 3.05) is 11.9 Å². The molecule has 1 saturated carbocycles. The number of benzene rings is 2. The fourth-order valence-corrected chi connectivity index (χ4v) is 6.15. The van der Waals surface area contributed by atoms with Crippen LogP contribution in [0.3, 0.4) is 0 Å². The monoisotopic (exact) mass is 550 g/mol. The van der Waals surface area contributed by atoms with Crippen molar-refractivity contribution in [2.45, 2.75) is 32.2 Å². The number of amides is 3. The molecule has 2 aliphatic carbocycles. The number of nitrogens with one attached hydrogen (secondary N) is 1. The van der Waals surface area contributed by atoms with Gasteiger partial charge in [0.2, 0.25) is 11.8 Å². The van der Waals surface area contributed by atoms with Gasteiger partial charge in [0.1, 0.15) is 6.04 Å². The first kappa shape index (κ1) is 24.4. The highest BCUT2D eigenvalue weighted by molar-refractivity contribution is 9.10. The molecular formula is C28H27BrN2O5. The SMILES string of the molecule is CCc1cc(Br)ccc1NC(=O)COC(=O)[C@H](Cc1ccccc1)N1C(=O)[C@@H]2[C@@H](C1=O)[C@H]1C=C[C@H]2C1. The second-order valence-corrected chi connectivity index (χ2v) is 10.5. The molecule has 1 aliphatic heterocycles. The number of carbonyl (C=O) groups is 4. The minimum absolute atomic E-state index is 0.0410. The van der Waals surface area contributed by atoms with Gasteiger partial charge in [0.05, 0.1) is 11.8 Å². The molecule has 2 bridgehead atoms. The van der Waals surface area contributed by atoms with Gasteiger partial charge in [-0.1, -0.05) is 65.3 Å². The zero-order chi connectivity index (χ0) is 25.4. The zero-order valence-corrected chi connectivity index (χ0v) is 21.4. The van der Waals surface area contributed by atoms with Crippen LogP contribution < -0.4 is 5.32 Å². The fourth-order valence-electron chi connectivity index (χ4n) is 5.75. The highest BCUT2D eigenvalue weighted by Gasteiger charge is 2.61. The van der Waals surface area contributed by atoms with E-state index in [9.17, 15) is 19.2 Å². The van der Waals surface area contributed by atoms with Crippen molar-refractivity contribution in [1.29, 1.82) is 0 Å². The maximum absolute atomic E-state index is 13.4. The molecule has 1 heterocycles. The van der Waals surface area contributed by atoms with Crippen molar-refractivity contribution < 1.29 is 23.9 Å². The summed E-state index contributed by atoms with van der Waals surface area (Å²) in [7, 11) is 0. The van der Waals surface area contributed by atoms with Gasteiger partial charge in [0.25, 0.3) is 5.91 Å². The number of anilines is 1. The molecule has 1 saturated heterocycles. The molecular weight excluding hydrogens is 524 g/mol. The van der Waals surface area contributed by atoms with Crippen LogP contribution in [0.2, 0.25) is 0 Å². The van der Waals surface area contributed by atoms with Crippen molar-refractivity contribution in [3.8, 4) is 0 Å². The molecule has 0 aromatic heterocycles. The van der Waals surface area contributed by atoms with Gasteiger partial charge in [-0.25, -0.2) is 4.79 Å². The third kappa shape index (κ3) is 4.50. The summed E-state index contributed by atoms with van der Waals surface area (Å²) in [5, 5.41) is 2.78. The average Bonchev–Trinajstić information content (AvgIpc) is 3.56. The number of carbonyl (C=O) groups excluding carboxylic acids is 4. The van der Waals surface area contributed by atoms with E-state index in [4.69, 9.17) is 4.74 Å². The van der Waals surface area contributed by atoms with Gasteiger partial charge in [-0.3, -0.25) is 19.3 Å². The number of hydrogen-bond donors (Lipinski definition) is 1. The summed E-state index contributed by atoms with van der Waals surface area (Å²) in [5.41, 5.74) is 2.38. The summed E-state index contributed by atoms with van der Waals surface area (Å²) < 4.78 is 6.29. The van der Waals surface area contributed by atoms with Gasteiger partial charge >= 0.3 is 5.97 Å². The number of likely N-dealkylation sites (tertiary alicyclic amines) is 1. The van der Waals surface area contributed by atoms with Crippen LogP contribution >= 0.6 is 15.9 Å². The van der Waals surface area contributed by atoms with E-state index in [-0.39, 0.29) is 30.1 Å². The third-order valence-electron chi connectivity index (χ3n) is 7.43. The first-order valence-electron chi connectivity index (χ1n) is 12.2. The van der Waals surface area contributed by atoms with E-state index < -0.39 is 36.4 Å². The Morgan fingerprint density at radius 2 is 1.72 bits per heavy atom. The Bertz CT molecular complexity index is 1210. The van der Waals surface area contributed by atoms with E-state index >= 15 is 0 Å².